The zero-order valence-electron chi connectivity index (χ0n) is 22.7. The fraction of sp³-hybridized carbons (Fsp3) is 0.500. The largest absolute Gasteiger partial charge is 0.354 e. The molecule has 0 aliphatic carbocycles. The average Bonchev–Trinajstić information content (AvgIpc) is 2.87. The average molecular weight is 585 g/mol. The van der Waals surface area contributed by atoms with Crippen molar-refractivity contribution in [2.45, 2.75) is 71.9 Å². The number of hydrogen-bond donors (Lipinski definition) is 1. The summed E-state index contributed by atoms with van der Waals surface area (Å²) in [5.74, 6) is -0.500. The second-order valence-corrected chi connectivity index (χ2v) is 12.0. The maximum atomic E-state index is 13.5. The van der Waals surface area contributed by atoms with Crippen LogP contribution >= 0.6 is 23.2 Å². The lowest BCUT2D eigenvalue weighted by Crippen LogP contribution is -2.49. The Bertz CT molecular complexity index is 1150. The highest BCUT2D eigenvalue weighted by Gasteiger charge is 2.29. The van der Waals surface area contributed by atoms with E-state index in [-0.39, 0.29) is 37.7 Å². The van der Waals surface area contributed by atoms with Crippen LogP contribution in [0.2, 0.25) is 10.0 Å². The summed E-state index contributed by atoms with van der Waals surface area (Å²) in [5.41, 5.74) is 2.23. The van der Waals surface area contributed by atoms with Crippen molar-refractivity contribution < 1.29 is 18.0 Å². The maximum Gasteiger partial charge on any atom is 0.242 e. The molecule has 2 amide bonds. The fourth-order valence-electron chi connectivity index (χ4n) is 4.18. The molecule has 0 bridgehead atoms. The number of sulfonamides is 1. The lowest BCUT2D eigenvalue weighted by atomic mass is 10.1. The van der Waals surface area contributed by atoms with Crippen molar-refractivity contribution >= 4 is 50.7 Å². The van der Waals surface area contributed by atoms with E-state index in [4.69, 9.17) is 23.2 Å². The zero-order chi connectivity index (χ0) is 28.3. The highest BCUT2D eigenvalue weighted by Crippen LogP contribution is 2.27. The Morgan fingerprint density at radius 3 is 2.13 bits per heavy atom. The molecule has 0 saturated carbocycles. The van der Waals surface area contributed by atoms with E-state index in [1.54, 1.807) is 30.3 Å². The standard InChI is InChI=1S/C28H39Cl2N3O4S/c1-5-8-18-31-28(35)26(7-3)32(20-23-24(29)11-9-12-25(23)30)27(34)13-10-19-33(38(4,36)37)22-16-14-21(6-2)15-17-22/h9,11-12,14-17,26H,5-8,10,13,18-20H2,1-4H3,(H,31,35)/t26-/m0/s1. The molecule has 38 heavy (non-hydrogen) atoms. The molecule has 10 heteroatoms. The molecule has 210 valence electrons. The predicted molar refractivity (Wildman–Crippen MR) is 156 cm³/mol. The van der Waals surface area contributed by atoms with E-state index in [2.05, 4.69) is 5.32 Å². The lowest BCUT2D eigenvalue weighted by Gasteiger charge is -2.31. The number of carbonyl (C=O) groups is 2. The van der Waals surface area contributed by atoms with Crippen molar-refractivity contribution in [1.82, 2.24) is 10.2 Å². The van der Waals surface area contributed by atoms with Gasteiger partial charge in [0.15, 0.2) is 0 Å². The predicted octanol–water partition coefficient (Wildman–Crippen LogP) is 5.83. The first-order valence-electron chi connectivity index (χ1n) is 13.1. The van der Waals surface area contributed by atoms with Crippen LogP contribution in [-0.4, -0.2) is 50.5 Å². The Hall–Kier alpha value is -2.29. The summed E-state index contributed by atoms with van der Waals surface area (Å²) >= 11 is 12.8. The first-order valence-corrected chi connectivity index (χ1v) is 15.7. The van der Waals surface area contributed by atoms with Crippen LogP contribution in [0.3, 0.4) is 0 Å². The van der Waals surface area contributed by atoms with E-state index < -0.39 is 16.1 Å². The van der Waals surface area contributed by atoms with Gasteiger partial charge in [0.1, 0.15) is 6.04 Å². The SMILES string of the molecule is CCCCNC(=O)[C@H](CC)N(Cc1c(Cl)cccc1Cl)C(=O)CCCN(c1ccc(CC)cc1)S(C)(=O)=O. The normalized spacial score (nSPS) is 12.2. The molecule has 7 nitrogen and oxygen atoms in total. The van der Waals surface area contributed by atoms with Gasteiger partial charge in [-0.15, -0.1) is 0 Å². The van der Waals surface area contributed by atoms with Crippen LogP contribution < -0.4 is 9.62 Å². The quantitative estimate of drug-likeness (QED) is 0.267. The Balaban J connectivity index is 2.24. The van der Waals surface area contributed by atoms with Crippen LogP contribution in [0.4, 0.5) is 5.69 Å². The van der Waals surface area contributed by atoms with Gasteiger partial charge in [0.2, 0.25) is 21.8 Å². The number of anilines is 1. The second-order valence-electron chi connectivity index (χ2n) is 9.25. The highest BCUT2D eigenvalue weighted by atomic mass is 35.5. The summed E-state index contributed by atoms with van der Waals surface area (Å²) in [7, 11) is -3.55. The van der Waals surface area contributed by atoms with Crippen molar-refractivity contribution in [3.63, 3.8) is 0 Å². The first-order chi connectivity index (χ1) is 18.0. The smallest absolute Gasteiger partial charge is 0.242 e. The number of nitrogens with zero attached hydrogens (tertiary/aromatic N) is 2. The molecule has 0 fully saturated rings. The number of aryl methyl sites for hydroxylation is 1. The van der Waals surface area contributed by atoms with Gasteiger partial charge in [0.05, 0.1) is 11.9 Å². The Labute approximate surface area is 237 Å². The molecule has 2 aromatic rings. The van der Waals surface area contributed by atoms with Crippen molar-refractivity contribution in [1.29, 1.82) is 0 Å². The Morgan fingerprint density at radius 2 is 1.61 bits per heavy atom. The number of carbonyl (C=O) groups excluding carboxylic acids is 2. The van der Waals surface area contributed by atoms with E-state index in [0.29, 0.717) is 34.3 Å². The fourth-order valence-corrected chi connectivity index (χ4v) is 5.66. The topological polar surface area (TPSA) is 86.8 Å². The number of halogens is 2. The molecule has 0 spiro atoms. The second kappa shape index (κ2) is 15.3. The summed E-state index contributed by atoms with van der Waals surface area (Å²) < 4.78 is 26.4. The van der Waals surface area contributed by atoms with Gasteiger partial charge >= 0.3 is 0 Å². The van der Waals surface area contributed by atoms with Gasteiger partial charge in [0.25, 0.3) is 0 Å². The van der Waals surface area contributed by atoms with Crippen molar-refractivity contribution in [3.8, 4) is 0 Å². The monoisotopic (exact) mass is 583 g/mol. The van der Waals surface area contributed by atoms with Crippen LogP contribution in [0.5, 0.6) is 0 Å². The summed E-state index contributed by atoms with van der Waals surface area (Å²) in [5, 5.41) is 3.75. The molecule has 2 aromatic carbocycles. The van der Waals surface area contributed by atoms with Crippen LogP contribution in [0, 0.1) is 0 Å². The molecule has 0 saturated heterocycles. The number of hydrogen-bond acceptors (Lipinski definition) is 4. The maximum absolute atomic E-state index is 13.5. The minimum absolute atomic E-state index is 0.0554. The Kier molecular flexibility index (Phi) is 12.9. The van der Waals surface area contributed by atoms with Crippen LogP contribution in [0.25, 0.3) is 0 Å². The van der Waals surface area contributed by atoms with Crippen molar-refractivity contribution in [2.75, 3.05) is 23.7 Å². The van der Waals surface area contributed by atoms with E-state index in [1.807, 2.05) is 32.9 Å². The lowest BCUT2D eigenvalue weighted by molar-refractivity contribution is -0.141. The molecule has 1 atom stereocenters. The van der Waals surface area contributed by atoms with Gasteiger partial charge < -0.3 is 10.2 Å². The highest BCUT2D eigenvalue weighted by molar-refractivity contribution is 7.92. The van der Waals surface area contributed by atoms with Crippen molar-refractivity contribution in [3.05, 3.63) is 63.6 Å². The molecular formula is C28H39Cl2N3O4S. The molecule has 0 aliphatic heterocycles. The van der Waals surface area contributed by atoms with Crippen LogP contribution in [0.15, 0.2) is 42.5 Å². The van der Waals surface area contributed by atoms with Gasteiger partial charge in [0, 0.05) is 41.7 Å². The van der Waals surface area contributed by atoms with E-state index >= 15 is 0 Å². The molecule has 0 heterocycles. The molecule has 0 unspecified atom stereocenters. The molecule has 0 aromatic heterocycles. The summed E-state index contributed by atoms with van der Waals surface area (Å²) in [6.07, 6.45) is 4.53. The summed E-state index contributed by atoms with van der Waals surface area (Å²) in [6.45, 7) is 6.66. The third-order valence-electron chi connectivity index (χ3n) is 6.39. The number of nitrogens with one attached hydrogen (secondary N) is 1. The van der Waals surface area contributed by atoms with Gasteiger partial charge in [-0.2, -0.15) is 0 Å². The third-order valence-corrected chi connectivity index (χ3v) is 8.29. The minimum atomic E-state index is -3.55. The van der Waals surface area contributed by atoms with Gasteiger partial charge in [-0.25, -0.2) is 8.42 Å². The van der Waals surface area contributed by atoms with Gasteiger partial charge in [-0.1, -0.05) is 68.6 Å². The van der Waals surface area contributed by atoms with E-state index in [9.17, 15) is 18.0 Å². The number of unbranched alkanes of at least 4 members (excludes halogenated alkanes) is 1. The van der Waals surface area contributed by atoms with Crippen LogP contribution in [0.1, 0.15) is 64.0 Å². The molecule has 1 N–H and O–H groups in total. The molecule has 0 radical (unpaired) electrons. The zero-order valence-corrected chi connectivity index (χ0v) is 25.0. The number of rotatable bonds is 15. The summed E-state index contributed by atoms with van der Waals surface area (Å²) in [4.78, 5) is 28.1. The van der Waals surface area contributed by atoms with E-state index in [1.165, 1.54) is 9.21 Å². The Morgan fingerprint density at radius 1 is 0.974 bits per heavy atom. The number of amides is 2. The summed E-state index contributed by atoms with van der Waals surface area (Å²) in [6, 6.07) is 11.8. The molecule has 2 rings (SSSR count). The number of benzene rings is 2. The van der Waals surface area contributed by atoms with Gasteiger partial charge in [-0.05, 0) is 55.5 Å². The molecular weight excluding hydrogens is 545 g/mol. The van der Waals surface area contributed by atoms with Crippen LogP contribution in [-0.2, 0) is 32.6 Å². The molecule has 0 aliphatic rings. The first kappa shape index (κ1) is 31.9. The minimum Gasteiger partial charge on any atom is -0.354 e. The van der Waals surface area contributed by atoms with Gasteiger partial charge in [-0.3, -0.25) is 13.9 Å². The van der Waals surface area contributed by atoms with E-state index in [0.717, 1.165) is 31.1 Å². The van der Waals surface area contributed by atoms with Crippen molar-refractivity contribution in [2.24, 2.45) is 0 Å². The third kappa shape index (κ3) is 9.17.